The average Bonchev–Trinajstić information content (AvgIpc) is 2.45. The first-order chi connectivity index (χ1) is 8.08. The van der Waals surface area contributed by atoms with Gasteiger partial charge in [0.2, 0.25) is 0 Å². The molecule has 2 rings (SSSR count). The van der Waals surface area contributed by atoms with E-state index in [4.69, 9.17) is 11.6 Å². The number of likely N-dealkylation sites (N-methyl/N-ethyl adjacent to an activating group) is 2. The van der Waals surface area contributed by atoms with Crippen molar-refractivity contribution in [3.8, 4) is 0 Å². The highest BCUT2D eigenvalue weighted by Gasteiger charge is 2.24. The quantitative estimate of drug-likeness (QED) is 0.743. The molecule has 1 aliphatic rings. The van der Waals surface area contributed by atoms with Gasteiger partial charge in [-0.25, -0.2) is 9.97 Å². The van der Waals surface area contributed by atoms with Crippen molar-refractivity contribution in [2.24, 2.45) is 0 Å². The number of nitrogens with zero attached hydrogens (tertiary/aromatic N) is 4. The fourth-order valence-corrected chi connectivity index (χ4v) is 2.40. The highest BCUT2D eigenvalue weighted by Crippen LogP contribution is 2.24. The number of halogens is 2. The van der Waals surface area contributed by atoms with E-state index in [1.807, 2.05) is 0 Å². The van der Waals surface area contributed by atoms with Crippen molar-refractivity contribution < 1.29 is 0 Å². The third kappa shape index (κ3) is 3.16. The predicted molar refractivity (Wildman–Crippen MR) is 72.2 cm³/mol. The van der Waals surface area contributed by atoms with Crippen LogP contribution in [0, 0.1) is 0 Å². The zero-order valence-electron chi connectivity index (χ0n) is 10.0. The molecule has 0 bridgehead atoms. The Kier molecular flexibility index (Phi) is 4.36. The molecule has 0 saturated carbocycles. The lowest BCUT2D eigenvalue weighted by Gasteiger charge is -2.26. The summed E-state index contributed by atoms with van der Waals surface area (Å²) in [6.45, 7) is 3.12. The largest absolute Gasteiger partial charge is 0.304 e. The van der Waals surface area contributed by atoms with Crippen LogP contribution in [0.1, 0.15) is 18.3 Å². The molecule has 0 radical (unpaired) electrons. The standard InChI is InChI=1S/C11H16BrClN4/c1-16-4-3-5-17(2)9(7-16)11-14-6-8(12)10(13)15-11/h6,9H,3-5,7H2,1-2H3. The van der Waals surface area contributed by atoms with Gasteiger partial charge < -0.3 is 4.90 Å². The Morgan fingerprint density at radius 1 is 1.41 bits per heavy atom. The molecule has 1 atom stereocenters. The molecule has 0 amide bonds. The van der Waals surface area contributed by atoms with E-state index in [2.05, 4.69) is 49.8 Å². The Bertz CT molecular complexity index is 401. The third-order valence-corrected chi connectivity index (χ3v) is 4.18. The molecule has 0 spiro atoms. The zero-order valence-corrected chi connectivity index (χ0v) is 12.4. The second-order valence-electron chi connectivity index (χ2n) is 4.48. The topological polar surface area (TPSA) is 32.3 Å². The van der Waals surface area contributed by atoms with Gasteiger partial charge in [0.25, 0.3) is 0 Å². The van der Waals surface area contributed by atoms with Crippen LogP contribution in [0.4, 0.5) is 0 Å². The van der Waals surface area contributed by atoms with Crippen LogP contribution in [0.2, 0.25) is 5.15 Å². The molecule has 1 aromatic heterocycles. The summed E-state index contributed by atoms with van der Waals surface area (Å²) in [4.78, 5) is 13.3. The minimum absolute atomic E-state index is 0.216. The van der Waals surface area contributed by atoms with Crippen LogP contribution in [0.5, 0.6) is 0 Å². The van der Waals surface area contributed by atoms with Crippen LogP contribution in [0.25, 0.3) is 0 Å². The van der Waals surface area contributed by atoms with Crippen LogP contribution in [-0.4, -0.2) is 53.5 Å². The Morgan fingerprint density at radius 2 is 2.18 bits per heavy atom. The number of hydrogen-bond donors (Lipinski definition) is 0. The summed E-state index contributed by atoms with van der Waals surface area (Å²) in [7, 11) is 4.25. The first kappa shape index (κ1) is 13.2. The van der Waals surface area contributed by atoms with Crippen molar-refractivity contribution in [2.75, 3.05) is 33.7 Å². The Morgan fingerprint density at radius 3 is 2.88 bits per heavy atom. The van der Waals surface area contributed by atoms with Crippen molar-refractivity contribution >= 4 is 27.5 Å². The third-order valence-electron chi connectivity index (χ3n) is 3.09. The van der Waals surface area contributed by atoms with Gasteiger partial charge in [-0.2, -0.15) is 0 Å². The molecule has 1 unspecified atom stereocenters. The fraction of sp³-hybridized carbons (Fsp3) is 0.636. The second-order valence-corrected chi connectivity index (χ2v) is 5.69. The first-order valence-corrected chi connectivity index (χ1v) is 6.81. The molecule has 4 nitrogen and oxygen atoms in total. The molecule has 1 aliphatic heterocycles. The number of rotatable bonds is 1. The maximum atomic E-state index is 6.03. The Hall–Kier alpha value is -0.230. The Labute approximate surface area is 115 Å². The maximum absolute atomic E-state index is 6.03. The summed E-state index contributed by atoms with van der Waals surface area (Å²) in [6.07, 6.45) is 2.90. The Balaban J connectivity index is 2.26. The van der Waals surface area contributed by atoms with Gasteiger partial charge in [-0.3, -0.25) is 4.90 Å². The summed E-state index contributed by atoms with van der Waals surface area (Å²) >= 11 is 9.34. The lowest BCUT2D eigenvalue weighted by Crippen LogP contribution is -2.31. The molecular formula is C11H16BrClN4. The van der Waals surface area contributed by atoms with Crippen LogP contribution < -0.4 is 0 Å². The highest BCUT2D eigenvalue weighted by atomic mass is 79.9. The summed E-state index contributed by atoms with van der Waals surface area (Å²) in [5.74, 6) is 0.800. The summed E-state index contributed by atoms with van der Waals surface area (Å²) < 4.78 is 0.743. The van der Waals surface area contributed by atoms with E-state index in [9.17, 15) is 0 Å². The molecule has 1 fully saturated rings. The van der Waals surface area contributed by atoms with Crippen LogP contribution >= 0.6 is 27.5 Å². The minimum Gasteiger partial charge on any atom is -0.304 e. The van der Waals surface area contributed by atoms with Crippen LogP contribution in [0.15, 0.2) is 10.7 Å². The fourth-order valence-electron chi connectivity index (χ4n) is 2.07. The average molecular weight is 320 g/mol. The molecule has 94 valence electrons. The monoisotopic (exact) mass is 318 g/mol. The molecule has 2 heterocycles. The maximum Gasteiger partial charge on any atom is 0.148 e. The molecular weight excluding hydrogens is 304 g/mol. The van der Waals surface area contributed by atoms with E-state index >= 15 is 0 Å². The van der Waals surface area contributed by atoms with Gasteiger partial charge in [0.15, 0.2) is 0 Å². The van der Waals surface area contributed by atoms with Gasteiger partial charge >= 0.3 is 0 Å². The smallest absolute Gasteiger partial charge is 0.148 e. The van der Waals surface area contributed by atoms with Gasteiger partial charge in [-0.05, 0) is 49.5 Å². The van der Waals surface area contributed by atoms with Gasteiger partial charge in [-0.15, -0.1) is 0 Å². The van der Waals surface area contributed by atoms with E-state index in [-0.39, 0.29) is 6.04 Å². The summed E-state index contributed by atoms with van der Waals surface area (Å²) in [5, 5.41) is 0.482. The van der Waals surface area contributed by atoms with Gasteiger partial charge in [0.05, 0.1) is 10.5 Å². The van der Waals surface area contributed by atoms with Gasteiger partial charge in [0, 0.05) is 12.7 Å². The van der Waals surface area contributed by atoms with Crippen molar-refractivity contribution in [2.45, 2.75) is 12.5 Å². The van der Waals surface area contributed by atoms with E-state index < -0.39 is 0 Å². The summed E-state index contributed by atoms with van der Waals surface area (Å²) in [5.41, 5.74) is 0. The minimum atomic E-state index is 0.216. The first-order valence-electron chi connectivity index (χ1n) is 5.64. The second kappa shape index (κ2) is 5.61. The van der Waals surface area contributed by atoms with Crippen LogP contribution in [-0.2, 0) is 0 Å². The van der Waals surface area contributed by atoms with E-state index in [0.29, 0.717) is 5.15 Å². The molecule has 0 N–H and O–H groups in total. The van der Waals surface area contributed by atoms with E-state index in [1.54, 1.807) is 6.20 Å². The number of aromatic nitrogens is 2. The SMILES string of the molecule is CN1CCCN(C)C(c2ncc(Br)c(Cl)n2)C1. The van der Waals surface area contributed by atoms with Gasteiger partial charge in [-0.1, -0.05) is 11.6 Å². The predicted octanol–water partition coefficient (Wildman–Crippen LogP) is 2.20. The molecule has 1 aromatic rings. The lowest BCUT2D eigenvalue weighted by atomic mass is 10.2. The zero-order chi connectivity index (χ0) is 12.4. The highest BCUT2D eigenvalue weighted by molar-refractivity contribution is 9.10. The number of hydrogen-bond acceptors (Lipinski definition) is 4. The molecule has 17 heavy (non-hydrogen) atoms. The normalized spacial score (nSPS) is 23.6. The van der Waals surface area contributed by atoms with Crippen molar-refractivity contribution in [1.82, 2.24) is 19.8 Å². The molecule has 0 aromatic carbocycles. The van der Waals surface area contributed by atoms with Gasteiger partial charge in [0.1, 0.15) is 11.0 Å². The van der Waals surface area contributed by atoms with Crippen molar-refractivity contribution in [3.05, 3.63) is 21.6 Å². The lowest BCUT2D eigenvalue weighted by molar-refractivity contribution is 0.219. The molecule has 1 saturated heterocycles. The van der Waals surface area contributed by atoms with Crippen molar-refractivity contribution in [1.29, 1.82) is 0 Å². The van der Waals surface area contributed by atoms with Crippen molar-refractivity contribution in [3.63, 3.8) is 0 Å². The molecule has 0 aliphatic carbocycles. The van der Waals surface area contributed by atoms with E-state index in [0.717, 1.165) is 29.9 Å². The van der Waals surface area contributed by atoms with E-state index in [1.165, 1.54) is 6.42 Å². The summed E-state index contributed by atoms with van der Waals surface area (Å²) in [6, 6.07) is 0.216. The molecule has 6 heteroatoms. The van der Waals surface area contributed by atoms with Crippen LogP contribution in [0.3, 0.4) is 0 Å².